The van der Waals surface area contributed by atoms with Crippen LogP contribution in [-0.4, -0.2) is 56.3 Å². The average molecular weight is 564 g/mol. The van der Waals surface area contributed by atoms with Crippen LogP contribution in [0.25, 0.3) is 0 Å². The van der Waals surface area contributed by atoms with Crippen LogP contribution in [0.5, 0.6) is 0 Å². The Balaban J connectivity index is 1.87. The summed E-state index contributed by atoms with van der Waals surface area (Å²) in [5, 5.41) is 5.63. The Morgan fingerprint density at radius 3 is 1.73 bits per heavy atom. The first-order valence-electron chi connectivity index (χ1n) is 14.7. The molecule has 1 rings (SSSR count). The molecule has 0 saturated carbocycles. The van der Waals surface area contributed by atoms with E-state index in [1.807, 2.05) is 6.08 Å². The quantitative estimate of drug-likeness (QED) is 0.112. The lowest BCUT2D eigenvalue weighted by molar-refractivity contribution is -0.121. The lowest BCUT2D eigenvalue weighted by atomic mass is 10.2. The summed E-state index contributed by atoms with van der Waals surface area (Å²) in [7, 11) is 0. The summed E-state index contributed by atoms with van der Waals surface area (Å²) in [6.45, 7) is 4.75. The van der Waals surface area contributed by atoms with E-state index in [1.54, 1.807) is 18.3 Å². The molecule has 2 N–H and O–H groups in total. The van der Waals surface area contributed by atoms with E-state index in [1.165, 1.54) is 6.20 Å². The molecule has 0 aliphatic heterocycles. The van der Waals surface area contributed by atoms with Gasteiger partial charge in [0.2, 0.25) is 5.91 Å². The van der Waals surface area contributed by atoms with Crippen molar-refractivity contribution < 1.29 is 19.1 Å². The Morgan fingerprint density at radius 2 is 1.22 bits per heavy atom. The molecule has 1 heterocycles. The molecule has 0 saturated heterocycles. The van der Waals surface area contributed by atoms with Crippen molar-refractivity contribution in [1.29, 1.82) is 0 Å². The molecule has 0 unspecified atom stereocenters. The third kappa shape index (κ3) is 24.0. The van der Waals surface area contributed by atoms with Crippen molar-refractivity contribution in [3.63, 3.8) is 0 Å². The Bertz CT molecular complexity index is 965. The number of hydrogen-bond acceptors (Lipinski definition) is 5. The fraction of sp³-hybridized carbons (Fsp3) is 0.441. The van der Waals surface area contributed by atoms with Crippen molar-refractivity contribution in [3.05, 3.63) is 103 Å². The summed E-state index contributed by atoms with van der Waals surface area (Å²) in [4.78, 5) is 27.7. The minimum absolute atomic E-state index is 0.0220. The number of nitrogens with one attached hydrogen (secondary N) is 2. The fourth-order valence-corrected chi connectivity index (χ4v) is 3.36. The number of aromatic nitrogens is 1. The lowest BCUT2D eigenvalue weighted by Gasteiger charge is -2.08. The summed E-state index contributed by atoms with van der Waals surface area (Å²) >= 11 is 0. The number of ether oxygens (including phenoxy) is 2. The molecule has 0 radical (unpaired) electrons. The van der Waals surface area contributed by atoms with E-state index in [4.69, 9.17) is 9.47 Å². The van der Waals surface area contributed by atoms with Gasteiger partial charge >= 0.3 is 0 Å². The number of carbonyl (C=O) groups excluding carboxylic acids is 2. The van der Waals surface area contributed by atoms with Crippen LogP contribution in [0.4, 0.5) is 0 Å². The van der Waals surface area contributed by atoms with Gasteiger partial charge in [-0.05, 0) is 57.1 Å². The van der Waals surface area contributed by atoms with E-state index in [2.05, 4.69) is 89.4 Å². The SMILES string of the molecule is CC/C=C\C/C=C\CC=CCC=CC/C=C\C/C=C\CCC(=O)NCCOCCOCCNC(=O)c1cccnc1. The highest BCUT2D eigenvalue weighted by Gasteiger charge is 2.03. The highest BCUT2D eigenvalue weighted by atomic mass is 16.5. The molecule has 0 fully saturated rings. The fourth-order valence-electron chi connectivity index (χ4n) is 3.36. The molecule has 0 bridgehead atoms. The molecule has 224 valence electrons. The Morgan fingerprint density at radius 1 is 0.707 bits per heavy atom. The number of rotatable bonds is 24. The van der Waals surface area contributed by atoms with Gasteiger partial charge in [0.15, 0.2) is 0 Å². The topological polar surface area (TPSA) is 89.5 Å². The van der Waals surface area contributed by atoms with Gasteiger partial charge in [-0.25, -0.2) is 0 Å². The maximum atomic E-state index is 11.9. The van der Waals surface area contributed by atoms with Crippen molar-refractivity contribution in [2.24, 2.45) is 0 Å². The van der Waals surface area contributed by atoms with Crippen LogP contribution in [0, 0.1) is 0 Å². The summed E-state index contributed by atoms with van der Waals surface area (Å²) in [6.07, 6.45) is 36.3. The van der Waals surface area contributed by atoms with Crippen LogP contribution in [-0.2, 0) is 14.3 Å². The van der Waals surface area contributed by atoms with Crippen LogP contribution in [0.2, 0.25) is 0 Å². The van der Waals surface area contributed by atoms with Crippen LogP contribution in [0.1, 0.15) is 68.6 Å². The van der Waals surface area contributed by atoms with E-state index in [-0.39, 0.29) is 11.8 Å². The minimum Gasteiger partial charge on any atom is -0.377 e. The molecule has 0 aromatic carbocycles. The molecule has 41 heavy (non-hydrogen) atoms. The van der Waals surface area contributed by atoms with Crippen LogP contribution in [0.3, 0.4) is 0 Å². The second-order valence-electron chi connectivity index (χ2n) is 9.03. The van der Waals surface area contributed by atoms with Crippen molar-refractivity contribution in [1.82, 2.24) is 15.6 Å². The molecule has 7 heteroatoms. The molecule has 0 aliphatic carbocycles. The maximum Gasteiger partial charge on any atom is 0.252 e. The predicted molar refractivity (Wildman–Crippen MR) is 169 cm³/mol. The second kappa shape index (κ2) is 28.0. The van der Waals surface area contributed by atoms with Gasteiger partial charge < -0.3 is 20.1 Å². The molecule has 2 amide bonds. The van der Waals surface area contributed by atoms with Crippen molar-refractivity contribution in [2.75, 3.05) is 39.5 Å². The molecular formula is C34H49N3O4. The number of nitrogens with zero attached hydrogens (tertiary/aromatic N) is 1. The van der Waals surface area contributed by atoms with Gasteiger partial charge in [0, 0.05) is 31.9 Å². The van der Waals surface area contributed by atoms with Crippen LogP contribution in [0.15, 0.2) is 97.4 Å². The average Bonchev–Trinajstić information content (AvgIpc) is 2.99. The van der Waals surface area contributed by atoms with Crippen LogP contribution >= 0.6 is 0 Å². The first kappa shape index (κ1) is 35.5. The smallest absolute Gasteiger partial charge is 0.252 e. The predicted octanol–water partition coefficient (Wildman–Crippen LogP) is 6.44. The Hall–Kier alpha value is -3.55. The van der Waals surface area contributed by atoms with Gasteiger partial charge in [-0.1, -0.05) is 79.8 Å². The zero-order chi connectivity index (χ0) is 29.5. The van der Waals surface area contributed by atoms with Gasteiger partial charge in [-0.2, -0.15) is 0 Å². The molecule has 1 aromatic heterocycles. The lowest BCUT2D eigenvalue weighted by Crippen LogP contribution is -2.28. The first-order valence-corrected chi connectivity index (χ1v) is 14.7. The molecular weight excluding hydrogens is 514 g/mol. The molecule has 0 spiro atoms. The van der Waals surface area contributed by atoms with Crippen LogP contribution < -0.4 is 10.6 Å². The summed E-state index contributed by atoms with van der Waals surface area (Å²) in [5.41, 5.74) is 0.523. The summed E-state index contributed by atoms with van der Waals surface area (Å²) in [6, 6.07) is 3.43. The number of amides is 2. The number of allylic oxidation sites excluding steroid dienone is 12. The normalized spacial score (nSPS) is 12.2. The number of pyridine rings is 1. The molecule has 0 atom stereocenters. The standard InChI is InChI=1S/C34H49N3O4/c1-2-3-4-5-6-7-8-9-10-11-12-13-14-15-16-17-18-19-20-23-33(38)36-25-27-40-29-30-41-28-26-37-34(39)32-22-21-24-35-31-32/h3-4,6-7,9-10,12-13,15-16,18-19,21-22,24,31H,2,5,8,11,14,17,20,23,25-30H2,1H3,(H,36,38)(H,37,39)/b4-3-,7-6-,10-9?,13-12?,16-15-,19-18-. The zero-order valence-corrected chi connectivity index (χ0v) is 24.7. The van der Waals surface area contributed by atoms with Gasteiger partial charge in [-0.3, -0.25) is 14.6 Å². The second-order valence-corrected chi connectivity index (χ2v) is 9.03. The monoisotopic (exact) mass is 563 g/mol. The van der Waals surface area contributed by atoms with Crippen molar-refractivity contribution in [3.8, 4) is 0 Å². The highest BCUT2D eigenvalue weighted by Crippen LogP contribution is 1.98. The third-order valence-electron chi connectivity index (χ3n) is 5.53. The van der Waals surface area contributed by atoms with E-state index in [9.17, 15) is 9.59 Å². The summed E-state index contributed by atoms with van der Waals surface area (Å²) < 4.78 is 10.9. The minimum atomic E-state index is -0.172. The van der Waals surface area contributed by atoms with E-state index in [0.717, 1.165) is 44.9 Å². The zero-order valence-electron chi connectivity index (χ0n) is 24.7. The number of hydrogen-bond donors (Lipinski definition) is 2. The van der Waals surface area contributed by atoms with Gasteiger partial charge in [0.25, 0.3) is 5.91 Å². The van der Waals surface area contributed by atoms with Gasteiger partial charge in [0.05, 0.1) is 32.0 Å². The molecule has 1 aromatic rings. The first-order chi connectivity index (χ1) is 20.2. The third-order valence-corrected chi connectivity index (χ3v) is 5.53. The summed E-state index contributed by atoms with van der Waals surface area (Å²) in [5.74, 6) is -0.150. The van der Waals surface area contributed by atoms with Gasteiger partial charge in [-0.15, -0.1) is 0 Å². The van der Waals surface area contributed by atoms with Gasteiger partial charge in [0.1, 0.15) is 0 Å². The molecule has 0 aliphatic rings. The van der Waals surface area contributed by atoms with Crippen molar-refractivity contribution >= 4 is 11.8 Å². The van der Waals surface area contributed by atoms with E-state index in [0.29, 0.717) is 51.5 Å². The Labute approximate surface area is 247 Å². The Kier molecular flexibility index (Phi) is 24.2. The van der Waals surface area contributed by atoms with E-state index < -0.39 is 0 Å². The highest BCUT2D eigenvalue weighted by molar-refractivity contribution is 5.93. The van der Waals surface area contributed by atoms with Crippen molar-refractivity contribution in [2.45, 2.75) is 58.3 Å². The number of carbonyl (C=O) groups is 2. The maximum absolute atomic E-state index is 11.9. The largest absolute Gasteiger partial charge is 0.377 e. The van der Waals surface area contributed by atoms with E-state index >= 15 is 0 Å². The molecule has 7 nitrogen and oxygen atoms in total.